The Hall–Kier alpha value is -1.83. The first-order valence-electron chi connectivity index (χ1n) is 7.96. The molecule has 0 saturated carbocycles. The Bertz CT molecular complexity index is 848. The van der Waals surface area contributed by atoms with E-state index in [4.69, 9.17) is 12.2 Å². The van der Waals surface area contributed by atoms with Gasteiger partial charge in [0.05, 0.1) is 11.6 Å². The van der Waals surface area contributed by atoms with Crippen molar-refractivity contribution in [1.29, 1.82) is 0 Å². The molecule has 0 atom stereocenters. The lowest BCUT2D eigenvalue weighted by atomic mass is 10.2. The van der Waals surface area contributed by atoms with Crippen LogP contribution in [0, 0.1) is 0 Å². The van der Waals surface area contributed by atoms with E-state index in [1.54, 1.807) is 4.90 Å². The van der Waals surface area contributed by atoms with Crippen LogP contribution in [0.2, 0.25) is 0 Å². The zero-order valence-electron chi connectivity index (χ0n) is 14.4. The van der Waals surface area contributed by atoms with Gasteiger partial charge in [-0.3, -0.25) is 9.69 Å². The minimum absolute atomic E-state index is 0.0682. The van der Waals surface area contributed by atoms with Gasteiger partial charge in [0.25, 0.3) is 5.91 Å². The molecule has 26 heavy (non-hydrogen) atoms. The van der Waals surface area contributed by atoms with Crippen LogP contribution in [0.3, 0.4) is 0 Å². The van der Waals surface area contributed by atoms with E-state index in [-0.39, 0.29) is 5.91 Å². The van der Waals surface area contributed by atoms with Crippen LogP contribution in [0.5, 0.6) is 0 Å². The van der Waals surface area contributed by atoms with E-state index in [1.165, 1.54) is 11.8 Å². The number of halogens is 1. The van der Waals surface area contributed by atoms with Crippen LogP contribution in [0.25, 0.3) is 6.08 Å². The third-order valence-corrected chi connectivity index (χ3v) is 5.77. The molecule has 0 radical (unpaired) electrons. The number of rotatable bonds is 5. The molecule has 0 spiro atoms. The quantitative estimate of drug-likeness (QED) is 0.526. The fourth-order valence-electron chi connectivity index (χ4n) is 2.39. The first-order chi connectivity index (χ1) is 12.4. The van der Waals surface area contributed by atoms with E-state index < -0.39 is 0 Å². The van der Waals surface area contributed by atoms with E-state index in [0.717, 1.165) is 21.4 Å². The molecule has 7 heteroatoms. The maximum absolute atomic E-state index is 12.7. The molecule has 0 unspecified atom stereocenters. The second-order valence-electron chi connectivity index (χ2n) is 5.94. The smallest absolute Gasteiger partial charge is 0.267 e. The predicted octanol–water partition coefficient (Wildman–Crippen LogP) is 4.79. The van der Waals surface area contributed by atoms with Crippen LogP contribution in [-0.2, 0) is 4.79 Å². The molecular weight excluding hydrogens is 430 g/mol. The molecule has 1 aliphatic heterocycles. The second kappa shape index (κ2) is 8.24. The number of carbonyl (C=O) groups is 1. The summed E-state index contributed by atoms with van der Waals surface area (Å²) in [7, 11) is 4.00. The summed E-state index contributed by atoms with van der Waals surface area (Å²) in [5.74, 6) is -0.0682. The van der Waals surface area contributed by atoms with Crippen LogP contribution < -0.4 is 10.2 Å². The van der Waals surface area contributed by atoms with Crippen LogP contribution in [-0.4, -0.2) is 35.9 Å². The molecule has 1 aliphatic rings. The van der Waals surface area contributed by atoms with Gasteiger partial charge in [-0.05, 0) is 48.0 Å². The van der Waals surface area contributed by atoms with Crippen molar-refractivity contribution in [1.82, 2.24) is 4.90 Å². The zero-order valence-corrected chi connectivity index (χ0v) is 17.6. The van der Waals surface area contributed by atoms with E-state index in [1.807, 2.05) is 73.6 Å². The Morgan fingerprint density at radius 1 is 1.15 bits per heavy atom. The van der Waals surface area contributed by atoms with E-state index in [2.05, 4.69) is 21.2 Å². The van der Waals surface area contributed by atoms with Crippen molar-refractivity contribution in [2.24, 2.45) is 0 Å². The number of amides is 1. The SMILES string of the molecule is CN(C)c1ccc(C=C2SC(=S)N(CNc3ccc(Br)cc3)C2=O)cc1. The topological polar surface area (TPSA) is 35.6 Å². The predicted molar refractivity (Wildman–Crippen MR) is 118 cm³/mol. The average molecular weight is 448 g/mol. The highest BCUT2D eigenvalue weighted by Gasteiger charge is 2.31. The second-order valence-corrected chi connectivity index (χ2v) is 8.53. The number of carbonyl (C=O) groups excluding carboxylic acids is 1. The molecule has 0 aromatic heterocycles. The molecule has 4 nitrogen and oxygen atoms in total. The van der Waals surface area contributed by atoms with Gasteiger partial charge < -0.3 is 10.2 Å². The number of anilines is 2. The van der Waals surface area contributed by atoms with Gasteiger partial charge >= 0.3 is 0 Å². The van der Waals surface area contributed by atoms with Crippen molar-refractivity contribution in [3.8, 4) is 0 Å². The Balaban J connectivity index is 1.68. The highest BCUT2D eigenvalue weighted by Crippen LogP contribution is 2.32. The third-order valence-electron chi connectivity index (χ3n) is 3.87. The van der Waals surface area contributed by atoms with E-state index in [0.29, 0.717) is 15.9 Å². The standard InChI is InChI=1S/C19H18BrN3OS2/c1-22(2)16-9-3-13(4-10-16)11-17-18(24)23(19(25)26-17)12-21-15-7-5-14(20)6-8-15/h3-11,21H,12H2,1-2H3. The summed E-state index contributed by atoms with van der Waals surface area (Å²) in [5, 5.41) is 3.23. The molecule has 3 rings (SSSR count). The molecule has 2 aromatic carbocycles. The molecule has 2 aromatic rings. The van der Waals surface area contributed by atoms with Crippen LogP contribution in [0.4, 0.5) is 11.4 Å². The van der Waals surface area contributed by atoms with Crippen LogP contribution in [0.15, 0.2) is 57.9 Å². The molecule has 0 aliphatic carbocycles. The van der Waals surface area contributed by atoms with E-state index in [9.17, 15) is 4.79 Å². The maximum Gasteiger partial charge on any atom is 0.267 e. The number of benzene rings is 2. The maximum atomic E-state index is 12.7. The fraction of sp³-hybridized carbons (Fsp3) is 0.158. The number of hydrogen-bond donors (Lipinski definition) is 1. The van der Waals surface area contributed by atoms with Crippen molar-refractivity contribution in [3.63, 3.8) is 0 Å². The summed E-state index contributed by atoms with van der Waals surface area (Å²) in [4.78, 5) is 16.9. The fourth-order valence-corrected chi connectivity index (χ4v) is 3.91. The van der Waals surface area contributed by atoms with Crippen molar-refractivity contribution >= 4 is 67.6 Å². The highest BCUT2D eigenvalue weighted by atomic mass is 79.9. The largest absolute Gasteiger partial charge is 0.378 e. The lowest BCUT2D eigenvalue weighted by Crippen LogP contribution is -2.33. The summed E-state index contributed by atoms with van der Waals surface area (Å²) in [6.07, 6.45) is 1.89. The van der Waals surface area contributed by atoms with E-state index >= 15 is 0 Å². The van der Waals surface area contributed by atoms with Gasteiger partial charge in [-0.1, -0.05) is 52.0 Å². The summed E-state index contributed by atoms with van der Waals surface area (Å²) >= 11 is 10.1. The molecule has 1 amide bonds. The monoisotopic (exact) mass is 447 g/mol. The Labute approximate surface area is 171 Å². The molecule has 1 heterocycles. The third kappa shape index (κ3) is 4.47. The molecule has 1 N–H and O–H groups in total. The Kier molecular flexibility index (Phi) is 6.01. The first kappa shape index (κ1) is 18.9. The summed E-state index contributed by atoms with van der Waals surface area (Å²) < 4.78 is 1.58. The van der Waals surface area contributed by atoms with Gasteiger partial charge in [-0.25, -0.2) is 0 Å². The lowest BCUT2D eigenvalue weighted by molar-refractivity contribution is -0.121. The molecule has 134 valence electrons. The summed E-state index contributed by atoms with van der Waals surface area (Å²) in [5.41, 5.74) is 3.04. The van der Waals surface area contributed by atoms with Gasteiger partial charge in [-0.2, -0.15) is 0 Å². The number of hydrogen-bond acceptors (Lipinski definition) is 5. The molecule has 1 saturated heterocycles. The zero-order chi connectivity index (χ0) is 18.7. The Morgan fingerprint density at radius 2 is 1.81 bits per heavy atom. The van der Waals surface area contributed by atoms with Crippen molar-refractivity contribution in [2.75, 3.05) is 31.0 Å². The number of nitrogens with zero attached hydrogens (tertiary/aromatic N) is 2. The van der Waals surface area contributed by atoms with Gasteiger partial charge in [-0.15, -0.1) is 0 Å². The Morgan fingerprint density at radius 3 is 2.42 bits per heavy atom. The molecule has 0 bridgehead atoms. The number of thioether (sulfide) groups is 1. The van der Waals surface area contributed by atoms with Gasteiger partial charge in [0.1, 0.15) is 4.32 Å². The summed E-state index contributed by atoms with van der Waals surface area (Å²) in [6, 6.07) is 15.9. The molecular formula is C19H18BrN3OS2. The molecule has 1 fully saturated rings. The lowest BCUT2D eigenvalue weighted by Gasteiger charge is -2.16. The van der Waals surface area contributed by atoms with Crippen LogP contribution >= 0.6 is 39.9 Å². The van der Waals surface area contributed by atoms with Gasteiger partial charge in [0.15, 0.2) is 0 Å². The van der Waals surface area contributed by atoms with Crippen LogP contribution in [0.1, 0.15) is 5.56 Å². The van der Waals surface area contributed by atoms with Gasteiger partial charge in [0.2, 0.25) is 0 Å². The van der Waals surface area contributed by atoms with Gasteiger partial charge in [0, 0.05) is 29.9 Å². The van der Waals surface area contributed by atoms with Crippen molar-refractivity contribution in [2.45, 2.75) is 0 Å². The normalized spacial score (nSPS) is 15.7. The first-order valence-corrected chi connectivity index (χ1v) is 9.98. The average Bonchev–Trinajstić information content (AvgIpc) is 2.88. The number of thiocarbonyl (C=S) groups is 1. The minimum Gasteiger partial charge on any atom is -0.378 e. The van der Waals surface area contributed by atoms with Crippen molar-refractivity contribution < 1.29 is 4.79 Å². The minimum atomic E-state index is -0.0682. The summed E-state index contributed by atoms with van der Waals surface area (Å²) in [6.45, 7) is 0.350. The van der Waals surface area contributed by atoms with Crippen molar-refractivity contribution in [3.05, 3.63) is 63.5 Å². The highest BCUT2D eigenvalue weighted by molar-refractivity contribution is 9.10. The number of nitrogens with one attached hydrogen (secondary N) is 1.